The molecule has 0 spiro atoms. The lowest BCUT2D eigenvalue weighted by molar-refractivity contribution is 0.359. The second kappa shape index (κ2) is 4.83. The summed E-state index contributed by atoms with van der Waals surface area (Å²) in [6.07, 6.45) is 4.10. The summed E-state index contributed by atoms with van der Waals surface area (Å²) in [6, 6.07) is 14.4. The van der Waals surface area contributed by atoms with Gasteiger partial charge in [0.2, 0.25) is 0 Å². The Morgan fingerprint density at radius 3 is 2.78 bits per heavy atom. The number of rotatable bonds is 2. The van der Waals surface area contributed by atoms with Gasteiger partial charge in [-0.2, -0.15) is 0 Å². The van der Waals surface area contributed by atoms with Crippen molar-refractivity contribution < 1.29 is 0 Å². The number of benzene rings is 1. The molecule has 1 aliphatic rings. The lowest BCUT2D eigenvalue weighted by Crippen LogP contribution is -2.20. The molecular formula is C15H13ClN2. The van der Waals surface area contributed by atoms with E-state index in [1.165, 1.54) is 11.1 Å². The topological polar surface area (TPSA) is 16.1 Å². The Morgan fingerprint density at radius 1 is 1.11 bits per heavy atom. The third kappa shape index (κ3) is 2.39. The highest BCUT2D eigenvalue weighted by molar-refractivity contribution is 6.29. The van der Waals surface area contributed by atoms with Crippen molar-refractivity contribution in [2.45, 2.75) is 13.1 Å². The lowest BCUT2D eigenvalue weighted by atomic mass is 10.1. The van der Waals surface area contributed by atoms with Crippen molar-refractivity contribution in [1.82, 2.24) is 9.88 Å². The van der Waals surface area contributed by atoms with Gasteiger partial charge in [0.15, 0.2) is 0 Å². The molecule has 0 aliphatic carbocycles. The summed E-state index contributed by atoms with van der Waals surface area (Å²) in [6.45, 7) is 1.80. The van der Waals surface area contributed by atoms with Gasteiger partial charge >= 0.3 is 0 Å². The third-order valence-electron chi connectivity index (χ3n) is 3.02. The summed E-state index contributed by atoms with van der Waals surface area (Å²) in [5.74, 6) is 0. The zero-order valence-electron chi connectivity index (χ0n) is 9.88. The molecule has 0 radical (unpaired) electrons. The van der Waals surface area contributed by atoms with Crippen LogP contribution in [0.1, 0.15) is 16.8 Å². The Hall–Kier alpha value is -1.80. The van der Waals surface area contributed by atoms with Crippen LogP contribution in [0.15, 0.2) is 48.7 Å². The van der Waals surface area contributed by atoms with Gasteiger partial charge in [0.1, 0.15) is 5.15 Å². The van der Waals surface area contributed by atoms with Gasteiger partial charge in [-0.3, -0.25) is 0 Å². The fourth-order valence-electron chi connectivity index (χ4n) is 2.13. The van der Waals surface area contributed by atoms with E-state index in [-0.39, 0.29) is 0 Å². The van der Waals surface area contributed by atoms with E-state index in [2.05, 4.69) is 40.3 Å². The van der Waals surface area contributed by atoms with Crippen LogP contribution in [0.5, 0.6) is 0 Å². The van der Waals surface area contributed by atoms with E-state index in [0.717, 1.165) is 18.8 Å². The monoisotopic (exact) mass is 256 g/mol. The first-order chi connectivity index (χ1) is 8.81. The summed E-state index contributed by atoms with van der Waals surface area (Å²) in [5, 5.41) is 0.551. The van der Waals surface area contributed by atoms with E-state index < -0.39 is 0 Å². The van der Waals surface area contributed by atoms with Crippen molar-refractivity contribution in [3.63, 3.8) is 0 Å². The van der Waals surface area contributed by atoms with E-state index in [4.69, 9.17) is 11.6 Å². The van der Waals surface area contributed by atoms with Crippen LogP contribution in [0.2, 0.25) is 5.15 Å². The molecule has 1 aromatic carbocycles. The van der Waals surface area contributed by atoms with E-state index >= 15 is 0 Å². The molecule has 0 saturated carbocycles. The zero-order valence-corrected chi connectivity index (χ0v) is 10.6. The van der Waals surface area contributed by atoms with E-state index in [1.807, 2.05) is 24.3 Å². The minimum Gasteiger partial charge on any atom is -0.369 e. The van der Waals surface area contributed by atoms with Crippen LogP contribution in [0.25, 0.3) is 6.08 Å². The van der Waals surface area contributed by atoms with Gasteiger partial charge in [0.05, 0.1) is 5.69 Å². The van der Waals surface area contributed by atoms with Gasteiger partial charge in [-0.1, -0.05) is 48.0 Å². The standard InChI is InChI=1S/C15H13ClN2/c16-15-7-6-13-11-18(9-8-14(13)17-15)10-12-4-2-1-3-5-12/h1-9H,10-11H2. The summed E-state index contributed by atoms with van der Waals surface area (Å²) >= 11 is 5.88. The molecule has 0 saturated heterocycles. The Bertz CT molecular complexity index is 578. The zero-order chi connectivity index (χ0) is 12.4. The van der Waals surface area contributed by atoms with Crippen LogP contribution < -0.4 is 0 Å². The maximum atomic E-state index is 5.88. The normalized spacial score (nSPS) is 13.5. The molecule has 2 heterocycles. The summed E-state index contributed by atoms with van der Waals surface area (Å²) in [4.78, 5) is 6.58. The van der Waals surface area contributed by atoms with Gasteiger partial charge < -0.3 is 4.90 Å². The van der Waals surface area contributed by atoms with Crippen molar-refractivity contribution in [2.24, 2.45) is 0 Å². The molecule has 0 fully saturated rings. The molecule has 3 rings (SSSR count). The molecule has 1 aromatic heterocycles. The van der Waals surface area contributed by atoms with Crippen LogP contribution in [-0.4, -0.2) is 9.88 Å². The third-order valence-corrected chi connectivity index (χ3v) is 3.23. The Labute approximate surface area is 112 Å². The van der Waals surface area contributed by atoms with Gasteiger partial charge in [0.25, 0.3) is 0 Å². The minimum absolute atomic E-state index is 0.551. The first-order valence-corrected chi connectivity index (χ1v) is 6.31. The van der Waals surface area contributed by atoms with E-state index in [0.29, 0.717) is 5.15 Å². The number of fused-ring (bicyclic) bond motifs is 1. The van der Waals surface area contributed by atoms with Gasteiger partial charge in [-0.25, -0.2) is 4.98 Å². The molecule has 2 aromatic rings. The molecular weight excluding hydrogens is 244 g/mol. The highest BCUT2D eigenvalue weighted by Gasteiger charge is 2.11. The first-order valence-electron chi connectivity index (χ1n) is 5.93. The number of aromatic nitrogens is 1. The quantitative estimate of drug-likeness (QED) is 0.762. The average Bonchev–Trinajstić information content (AvgIpc) is 2.40. The predicted octanol–water partition coefficient (Wildman–Crippen LogP) is 3.72. The molecule has 1 aliphatic heterocycles. The molecule has 0 amide bonds. The molecule has 0 atom stereocenters. The fraction of sp³-hybridized carbons (Fsp3) is 0.133. The van der Waals surface area contributed by atoms with Crippen LogP contribution in [-0.2, 0) is 13.1 Å². The van der Waals surface area contributed by atoms with Gasteiger partial charge in [-0.15, -0.1) is 0 Å². The molecule has 0 N–H and O–H groups in total. The van der Waals surface area contributed by atoms with E-state index in [1.54, 1.807) is 0 Å². The smallest absolute Gasteiger partial charge is 0.129 e. The van der Waals surface area contributed by atoms with Gasteiger partial charge in [-0.05, 0) is 23.3 Å². The average molecular weight is 257 g/mol. The molecule has 2 nitrogen and oxygen atoms in total. The van der Waals surface area contributed by atoms with Gasteiger partial charge in [0, 0.05) is 19.3 Å². The SMILES string of the molecule is Clc1ccc2c(n1)C=CN(Cc1ccccc1)C2. The fourth-order valence-corrected chi connectivity index (χ4v) is 2.28. The van der Waals surface area contributed by atoms with Crippen molar-refractivity contribution in [2.75, 3.05) is 0 Å². The number of nitrogens with zero attached hydrogens (tertiary/aromatic N) is 2. The Morgan fingerprint density at radius 2 is 1.94 bits per heavy atom. The number of hydrogen-bond acceptors (Lipinski definition) is 2. The largest absolute Gasteiger partial charge is 0.369 e. The second-order valence-electron chi connectivity index (χ2n) is 4.38. The summed E-state index contributed by atoms with van der Waals surface area (Å²) in [5.41, 5.74) is 3.51. The molecule has 18 heavy (non-hydrogen) atoms. The van der Waals surface area contributed by atoms with Crippen LogP contribution in [0, 0.1) is 0 Å². The van der Waals surface area contributed by atoms with E-state index in [9.17, 15) is 0 Å². The highest BCUT2D eigenvalue weighted by atomic mass is 35.5. The Balaban J connectivity index is 1.78. The predicted molar refractivity (Wildman–Crippen MR) is 74.0 cm³/mol. The Kier molecular flexibility index (Phi) is 3.03. The number of pyridine rings is 1. The van der Waals surface area contributed by atoms with Crippen molar-refractivity contribution in [3.05, 3.63) is 70.6 Å². The molecule has 0 bridgehead atoms. The van der Waals surface area contributed by atoms with Crippen LogP contribution in [0.3, 0.4) is 0 Å². The lowest BCUT2D eigenvalue weighted by Gasteiger charge is -2.25. The summed E-state index contributed by atoms with van der Waals surface area (Å²) < 4.78 is 0. The maximum Gasteiger partial charge on any atom is 0.129 e. The van der Waals surface area contributed by atoms with Crippen molar-refractivity contribution in [1.29, 1.82) is 0 Å². The molecule has 3 heteroatoms. The van der Waals surface area contributed by atoms with Crippen molar-refractivity contribution >= 4 is 17.7 Å². The second-order valence-corrected chi connectivity index (χ2v) is 4.77. The highest BCUT2D eigenvalue weighted by Crippen LogP contribution is 2.21. The minimum atomic E-state index is 0.551. The van der Waals surface area contributed by atoms with Crippen molar-refractivity contribution in [3.8, 4) is 0 Å². The van der Waals surface area contributed by atoms with Crippen LogP contribution in [0.4, 0.5) is 0 Å². The summed E-state index contributed by atoms with van der Waals surface area (Å²) in [7, 11) is 0. The number of hydrogen-bond donors (Lipinski definition) is 0. The molecule has 90 valence electrons. The maximum absolute atomic E-state index is 5.88. The number of halogens is 1. The van der Waals surface area contributed by atoms with Crippen LogP contribution >= 0.6 is 11.6 Å². The molecule has 0 unspecified atom stereocenters. The first kappa shape index (κ1) is 11.3.